The largest absolute Gasteiger partial charge is 0.349 e. The van der Waals surface area contributed by atoms with Crippen LogP contribution >= 0.6 is 0 Å². The second-order valence-electron chi connectivity index (χ2n) is 7.89. The molecule has 0 spiro atoms. The summed E-state index contributed by atoms with van der Waals surface area (Å²) in [5, 5.41) is 2.93. The number of nitrogens with zero attached hydrogens (tertiary/aromatic N) is 4. The van der Waals surface area contributed by atoms with E-state index in [1.54, 1.807) is 6.20 Å². The van der Waals surface area contributed by atoms with Crippen LogP contribution in [0, 0.1) is 0 Å². The van der Waals surface area contributed by atoms with Crippen molar-refractivity contribution in [3.8, 4) is 0 Å². The summed E-state index contributed by atoms with van der Waals surface area (Å²) >= 11 is 0. The first-order valence-electron chi connectivity index (χ1n) is 10.7. The van der Waals surface area contributed by atoms with Crippen molar-refractivity contribution in [3.05, 3.63) is 60.4 Å². The molecule has 0 saturated carbocycles. The van der Waals surface area contributed by atoms with Crippen LogP contribution in [0.1, 0.15) is 18.5 Å². The highest BCUT2D eigenvalue weighted by molar-refractivity contribution is 5.97. The molecule has 2 aromatic rings. The predicted octanol–water partition coefficient (Wildman–Crippen LogP) is 1.51. The molecular weight excluding hydrogens is 378 g/mol. The number of aromatic nitrogens is 1. The molecule has 3 heterocycles. The SMILES string of the molecule is O=C(CN1CCN([C@@H]2CCCN(c3ccccc3)C2=O)CC1)NCc1ccccn1. The van der Waals surface area contributed by atoms with Crippen molar-refractivity contribution in [1.29, 1.82) is 0 Å². The Labute approximate surface area is 177 Å². The molecule has 30 heavy (non-hydrogen) atoms. The fourth-order valence-electron chi connectivity index (χ4n) is 4.24. The third-order valence-corrected chi connectivity index (χ3v) is 5.89. The number of carbonyl (C=O) groups excluding carboxylic acids is 2. The van der Waals surface area contributed by atoms with Crippen molar-refractivity contribution in [1.82, 2.24) is 20.1 Å². The Morgan fingerprint density at radius 1 is 1.00 bits per heavy atom. The van der Waals surface area contributed by atoms with Crippen molar-refractivity contribution < 1.29 is 9.59 Å². The molecule has 0 bridgehead atoms. The van der Waals surface area contributed by atoms with E-state index in [4.69, 9.17) is 0 Å². The van der Waals surface area contributed by atoms with Crippen LogP contribution in [0.25, 0.3) is 0 Å². The highest BCUT2D eigenvalue weighted by Gasteiger charge is 2.35. The molecule has 2 saturated heterocycles. The molecule has 1 aromatic heterocycles. The molecule has 7 heteroatoms. The van der Waals surface area contributed by atoms with Crippen molar-refractivity contribution in [2.24, 2.45) is 0 Å². The summed E-state index contributed by atoms with van der Waals surface area (Å²) in [6.45, 7) is 4.84. The van der Waals surface area contributed by atoms with Crippen molar-refractivity contribution in [2.45, 2.75) is 25.4 Å². The Morgan fingerprint density at radius 2 is 1.77 bits per heavy atom. The second-order valence-corrected chi connectivity index (χ2v) is 7.89. The van der Waals surface area contributed by atoms with E-state index < -0.39 is 0 Å². The molecule has 4 rings (SSSR count). The number of para-hydroxylation sites is 1. The molecular formula is C23H29N5O2. The van der Waals surface area contributed by atoms with Gasteiger partial charge in [0, 0.05) is 44.6 Å². The Hall–Kier alpha value is -2.77. The maximum Gasteiger partial charge on any atom is 0.244 e. The van der Waals surface area contributed by atoms with E-state index in [2.05, 4.69) is 20.1 Å². The molecule has 2 aliphatic heterocycles. The lowest BCUT2D eigenvalue weighted by Gasteiger charge is -2.42. The van der Waals surface area contributed by atoms with Gasteiger partial charge in [0.1, 0.15) is 0 Å². The average molecular weight is 408 g/mol. The number of piperazine rings is 1. The molecule has 0 aliphatic carbocycles. The van der Waals surface area contributed by atoms with E-state index in [0.717, 1.165) is 56.9 Å². The normalized spacial score (nSPS) is 20.9. The topological polar surface area (TPSA) is 68.8 Å². The van der Waals surface area contributed by atoms with Gasteiger partial charge in [0.15, 0.2) is 0 Å². The van der Waals surface area contributed by atoms with Gasteiger partial charge in [0.25, 0.3) is 0 Å². The van der Waals surface area contributed by atoms with E-state index in [0.29, 0.717) is 13.1 Å². The van der Waals surface area contributed by atoms with Gasteiger partial charge >= 0.3 is 0 Å². The molecule has 7 nitrogen and oxygen atoms in total. The fraction of sp³-hybridized carbons (Fsp3) is 0.435. The van der Waals surface area contributed by atoms with Crippen LogP contribution in [0.3, 0.4) is 0 Å². The van der Waals surface area contributed by atoms with Crippen LogP contribution in [0.2, 0.25) is 0 Å². The molecule has 2 amide bonds. The van der Waals surface area contributed by atoms with Gasteiger partial charge in [-0.25, -0.2) is 0 Å². The number of anilines is 1. The van der Waals surface area contributed by atoms with Gasteiger partial charge in [-0.2, -0.15) is 0 Å². The van der Waals surface area contributed by atoms with Crippen molar-refractivity contribution in [3.63, 3.8) is 0 Å². The Morgan fingerprint density at radius 3 is 2.50 bits per heavy atom. The van der Waals surface area contributed by atoms with Gasteiger partial charge in [0.2, 0.25) is 11.8 Å². The molecule has 1 N–H and O–H groups in total. The van der Waals surface area contributed by atoms with Gasteiger partial charge in [-0.1, -0.05) is 24.3 Å². The number of nitrogens with one attached hydrogen (secondary N) is 1. The minimum atomic E-state index is -0.0564. The van der Waals surface area contributed by atoms with Crippen LogP contribution in [0.15, 0.2) is 54.7 Å². The van der Waals surface area contributed by atoms with E-state index >= 15 is 0 Å². The molecule has 2 fully saturated rings. The lowest BCUT2D eigenvalue weighted by Crippen LogP contribution is -2.58. The minimum Gasteiger partial charge on any atom is -0.349 e. The van der Waals surface area contributed by atoms with Crippen LogP contribution in [-0.2, 0) is 16.1 Å². The van der Waals surface area contributed by atoms with Gasteiger partial charge in [-0.15, -0.1) is 0 Å². The summed E-state index contributed by atoms with van der Waals surface area (Å²) in [5.41, 5.74) is 1.84. The molecule has 0 unspecified atom stereocenters. The Balaban J connectivity index is 1.25. The number of hydrogen-bond donors (Lipinski definition) is 1. The summed E-state index contributed by atoms with van der Waals surface area (Å²) < 4.78 is 0. The number of benzene rings is 1. The smallest absolute Gasteiger partial charge is 0.244 e. The van der Waals surface area contributed by atoms with Gasteiger partial charge in [0.05, 0.1) is 24.8 Å². The second kappa shape index (κ2) is 9.82. The number of rotatable bonds is 6. The first kappa shape index (κ1) is 20.5. The average Bonchev–Trinajstić information content (AvgIpc) is 2.80. The van der Waals surface area contributed by atoms with E-state index in [1.807, 2.05) is 53.4 Å². The molecule has 1 aromatic carbocycles. The van der Waals surface area contributed by atoms with Crippen LogP contribution in [-0.4, -0.2) is 71.9 Å². The predicted molar refractivity (Wildman–Crippen MR) is 116 cm³/mol. The van der Waals surface area contributed by atoms with Crippen LogP contribution in [0.5, 0.6) is 0 Å². The molecule has 0 radical (unpaired) electrons. The molecule has 158 valence electrons. The standard InChI is InChI=1S/C23H29N5O2/c29-22(25-17-19-7-4-5-11-24-19)18-26-13-15-27(16-14-26)21-10-6-12-28(23(21)30)20-8-2-1-3-9-20/h1-5,7-9,11,21H,6,10,12-18H2,(H,25,29)/t21-/m1/s1. The zero-order chi connectivity index (χ0) is 20.8. The maximum atomic E-state index is 13.1. The number of hydrogen-bond acceptors (Lipinski definition) is 5. The summed E-state index contributed by atoms with van der Waals surface area (Å²) in [6, 6.07) is 15.6. The van der Waals surface area contributed by atoms with Crippen molar-refractivity contribution in [2.75, 3.05) is 44.2 Å². The summed E-state index contributed by atoms with van der Waals surface area (Å²) in [6.07, 6.45) is 3.65. The zero-order valence-electron chi connectivity index (χ0n) is 17.2. The Bertz CT molecular complexity index is 837. The number of piperidine rings is 1. The van der Waals surface area contributed by atoms with Crippen LogP contribution in [0.4, 0.5) is 5.69 Å². The molecule has 1 atom stereocenters. The van der Waals surface area contributed by atoms with Gasteiger partial charge in [-0.3, -0.25) is 24.4 Å². The van der Waals surface area contributed by atoms with Gasteiger partial charge < -0.3 is 10.2 Å². The summed E-state index contributed by atoms with van der Waals surface area (Å²) in [4.78, 5) is 36.0. The fourth-order valence-corrected chi connectivity index (χ4v) is 4.24. The first-order chi connectivity index (χ1) is 14.7. The summed E-state index contributed by atoms with van der Waals surface area (Å²) in [7, 11) is 0. The molecule has 2 aliphatic rings. The highest BCUT2D eigenvalue weighted by atomic mass is 16.2. The number of amides is 2. The number of pyridine rings is 1. The third kappa shape index (κ3) is 5.04. The minimum absolute atomic E-state index is 0.0121. The highest BCUT2D eigenvalue weighted by Crippen LogP contribution is 2.24. The lowest BCUT2D eigenvalue weighted by atomic mass is 10.0. The van der Waals surface area contributed by atoms with Crippen LogP contribution < -0.4 is 10.2 Å². The lowest BCUT2D eigenvalue weighted by molar-refractivity contribution is -0.127. The maximum absolute atomic E-state index is 13.1. The van der Waals surface area contributed by atoms with Gasteiger partial charge in [-0.05, 0) is 37.1 Å². The quantitative estimate of drug-likeness (QED) is 0.786. The first-order valence-corrected chi connectivity index (χ1v) is 10.7. The van der Waals surface area contributed by atoms with E-state index in [1.165, 1.54) is 0 Å². The van der Waals surface area contributed by atoms with E-state index in [-0.39, 0.29) is 17.9 Å². The Kier molecular flexibility index (Phi) is 6.71. The number of carbonyl (C=O) groups is 2. The third-order valence-electron chi connectivity index (χ3n) is 5.89. The van der Waals surface area contributed by atoms with Crippen molar-refractivity contribution >= 4 is 17.5 Å². The zero-order valence-corrected chi connectivity index (χ0v) is 17.2. The monoisotopic (exact) mass is 407 g/mol. The summed E-state index contributed by atoms with van der Waals surface area (Å²) in [5.74, 6) is 0.215. The van der Waals surface area contributed by atoms with E-state index in [9.17, 15) is 9.59 Å².